The second-order valence-corrected chi connectivity index (χ2v) is 4.66. The maximum atomic E-state index is 11.6. The van der Waals surface area contributed by atoms with Crippen molar-refractivity contribution in [2.75, 3.05) is 19.6 Å². The second kappa shape index (κ2) is 5.35. The van der Waals surface area contributed by atoms with Crippen molar-refractivity contribution < 1.29 is 4.79 Å². The molecule has 1 aliphatic rings. The van der Waals surface area contributed by atoms with Crippen LogP contribution in [0.2, 0.25) is 0 Å². The molecular weight excluding hydrogens is 176 g/mol. The van der Waals surface area contributed by atoms with Gasteiger partial charge in [0.25, 0.3) is 0 Å². The first-order valence-corrected chi connectivity index (χ1v) is 5.59. The quantitative estimate of drug-likeness (QED) is 0.707. The standard InChI is InChI=1S/C11H22N2O/c1-8(2)9(3)6-13-11(14)10-4-5-12-7-10/h8-10,12H,4-7H2,1-3H3,(H,13,14). The van der Waals surface area contributed by atoms with Gasteiger partial charge in [0, 0.05) is 13.1 Å². The molecular formula is C11H22N2O. The Balaban J connectivity index is 2.20. The summed E-state index contributed by atoms with van der Waals surface area (Å²) in [4.78, 5) is 11.6. The highest BCUT2D eigenvalue weighted by Gasteiger charge is 2.22. The van der Waals surface area contributed by atoms with Crippen LogP contribution in [0.4, 0.5) is 0 Å². The summed E-state index contributed by atoms with van der Waals surface area (Å²) < 4.78 is 0. The predicted octanol–water partition coefficient (Wildman–Crippen LogP) is 1.00. The van der Waals surface area contributed by atoms with Crippen LogP contribution in [-0.2, 0) is 4.79 Å². The van der Waals surface area contributed by atoms with E-state index in [4.69, 9.17) is 0 Å². The zero-order valence-electron chi connectivity index (χ0n) is 9.47. The summed E-state index contributed by atoms with van der Waals surface area (Å²) in [5, 5.41) is 6.23. The van der Waals surface area contributed by atoms with Gasteiger partial charge in [-0.05, 0) is 24.8 Å². The topological polar surface area (TPSA) is 41.1 Å². The van der Waals surface area contributed by atoms with E-state index in [1.54, 1.807) is 0 Å². The third-order valence-electron chi connectivity index (χ3n) is 3.17. The lowest BCUT2D eigenvalue weighted by Gasteiger charge is -2.17. The third kappa shape index (κ3) is 3.29. The average molecular weight is 198 g/mol. The molecule has 2 unspecified atom stereocenters. The van der Waals surface area contributed by atoms with Crippen molar-refractivity contribution in [3.05, 3.63) is 0 Å². The van der Waals surface area contributed by atoms with Crippen molar-refractivity contribution in [3.8, 4) is 0 Å². The molecule has 1 aliphatic heterocycles. The van der Waals surface area contributed by atoms with Crippen LogP contribution in [0.3, 0.4) is 0 Å². The van der Waals surface area contributed by atoms with Crippen LogP contribution in [0.25, 0.3) is 0 Å². The van der Waals surface area contributed by atoms with E-state index in [-0.39, 0.29) is 11.8 Å². The van der Waals surface area contributed by atoms with Crippen molar-refractivity contribution in [2.24, 2.45) is 17.8 Å². The van der Waals surface area contributed by atoms with Gasteiger partial charge in [-0.25, -0.2) is 0 Å². The molecule has 3 heteroatoms. The molecule has 0 radical (unpaired) electrons. The molecule has 2 atom stereocenters. The highest BCUT2D eigenvalue weighted by molar-refractivity contribution is 5.79. The summed E-state index contributed by atoms with van der Waals surface area (Å²) in [6.07, 6.45) is 0.988. The fourth-order valence-corrected chi connectivity index (χ4v) is 1.52. The monoisotopic (exact) mass is 198 g/mol. The zero-order chi connectivity index (χ0) is 10.6. The van der Waals surface area contributed by atoms with Crippen LogP contribution in [0.5, 0.6) is 0 Å². The number of carbonyl (C=O) groups excluding carboxylic acids is 1. The van der Waals surface area contributed by atoms with E-state index in [1.807, 2.05) is 0 Å². The Morgan fingerprint density at radius 1 is 1.50 bits per heavy atom. The van der Waals surface area contributed by atoms with Crippen molar-refractivity contribution in [2.45, 2.75) is 27.2 Å². The summed E-state index contributed by atoms with van der Waals surface area (Å²) >= 11 is 0. The third-order valence-corrected chi connectivity index (χ3v) is 3.17. The average Bonchev–Trinajstić information content (AvgIpc) is 2.66. The van der Waals surface area contributed by atoms with Crippen LogP contribution >= 0.6 is 0 Å². The highest BCUT2D eigenvalue weighted by atomic mass is 16.1. The fourth-order valence-electron chi connectivity index (χ4n) is 1.52. The number of rotatable bonds is 4. The van der Waals surface area contributed by atoms with Gasteiger partial charge in [-0.15, -0.1) is 0 Å². The number of hydrogen-bond donors (Lipinski definition) is 2. The number of carbonyl (C=O) groups is 1. The summed E-state index contributed by atoms with van der Waals surface area (Å²) in [6.45, 7) is 9.20. The first-order chi connectivity index (χ1) is 6.61. The molecule has 0 aromatic carbocycles. The van der Waals surface area contributed by atoms with Gasteiger partial charge in [0.05, 0.1) is 5.92 Å². The largest absolute Gasteiger partial charge is 0.356 e. The van der Waals surface area contributed by atoms with Gasteiger partial charge >= 0.3 is 0 Å². The first-order valence-electron chi connectivity index (χ1n) is 5.59. The maximum absolute atomic E-state index is 11.6. The smallest absolute Gasteiger partial charge is 0.224 e. The molecule has 3 nitrogen and oxygen atoms in total. The lowest BCUT2D eigenvalue weighted by atomic mass is 9.98. The van der Waals surface area contributed by atoms with E-state index < -0.39 is 0 Å². The minimum atomic E-state index is 0.203. The van der Waals surface area contributed by atoms with E-state index in [9.17, 15) is 4.79 Å². The molecule has 2 N–H and O–H groups in total. The molecule has 0 aromatic heterocycles. The van der Waals surface area contributed by atoms with Gasteiger partial charge in [0.2, 0.25) is 5.91 Å². The minimum absolute atomic E-state index is 0.203. The van der Waals surface area contributed by atoms with Gasteiger partial charge in [-0.1, -0.05) is 20.8 Å². The molecule has 1 rings (SSSR count). The Morgan fingerprint density at radius 3 is 2.71 bits per heavy atom. The van der Waals surface area contributed by atoms with Crippen molar-refractivity contribution in [3.63, 3.8) is 0 Å². The lowest BCUT2D eigenvalue weighted by molar-refractivity contribution is -0.124. The molecule has 0 aromatic rings. The number of amides is 1. The summed E-state index contributed by atoms with van der Waals surface area (Å²) in [5.41, 5.74) is 0. The van der Waals surface area contributed by atoms with Crippen LogP contribution in [0.15, 0.2) is 0 Å². The Labute approximate surface area is 86.6 Å². The molecule has 1 heterocycles. The second-order valence-electron chi connectivity index (χ2n) is 4.66. The first kappa shape index (κ1) is 11.5. The normalized spacial score (nSPS) is 23.9. The van der Waals surface area contributed by atoms with E-state index >= 15 is 0 Å². The number of nitrogens with one attached hydrogen (secondary N) is 2. The molecule has 0 aliphatic carbocycles. The molecule has 0 saturated carbocycles. The molecule has 1 saturated heterocycles. The molecule has 82 valence electrons. The Kier molecular flexibility index (Phi) is 4.39. The fraction of sp³-hybridized carbons (Fsp3) is 0.909. The summed E-state index contributed by atoms with van der Waals surface area (Å²) in [7, 11) is 0. The lowest BCUT2D eigenvalue weighted by Crippen LogP contribution is -2.35. The summed E-state index contributed by atoms with van der Waals surface area (Å²) in [6, 6.07) is 0. The van der Waals surface area contributed by atoms with E-state index in [1.165, 1.54) is 0 Å². The van der Waals surface area contributed by atoms with Crippen molar-refractivity contribution >= 4 is 5.91 Å². The van der Waals surface area contributed by atoms with Crippen LogP contribution < -0.4 is 10.6 Å². The summed E-state index contributed by atoms with van der Waals surface area (Å²) in [5.74, 6) is 1.63. The number of hydrogen-bond acceptors (Lipinski definition) is 2. The van der Waals surface area contributed by atoms with Crippen molar-refractivity contribution in [1.82, 2.24) is 10.6 Å². The van der Waals surface area contributed by atoms with Gasteiger partial charge in [0.15, 0.2) is 0 Å². The molecule has 1 amide bonds. The van der Waals surface area contributed by atoms with E-state index in [0.29, 0.717) is 11.8 Å². The highest BCUT2D eigenvalue weighted by Crippen LogP contribution is 2.10. The SMILES string of the molecule is CC(C)C(C)CNC(=O)C1CCNC1. The van der Waals surface area contributed by atoms with Crippen LogP contribution in [0, 0.1) is 17.8 Å². The van der Waals surface area contributed by atoms with Gasteiger partial charge in [0.1, 0.15) is 0 Å². The van der Waals surface area contributed by atoms with Crippen LogP contribution in [-0.4, -0.2) is 25.5 Å². The van der Waals surface area contributed by atoms with E-state index in [2.05, 4.69) is 31.4 Å². The Hall–Kier alpha value is -0.570. The van der Waals surface area contributed by atoms with Gasteiger partial charge in [-0.3, -0.25) is 4.79 Å². The molecule has 0 spiro atoms. The Bertz CT molecular complexity index is 186. The molecule has 14 heavy (non-hydrogen) atoms. The molecule has 1 fully saturated rings. The predicted molar refractivity (Wildman–Crippen MR) is 58.0 cm³/mol. The Morgan fingerprint density at radius 2 is 2.21 bits per heavy atom. The maximum Gasteiger partial charge on any atom is 0.224 e. The zero-order valence-corrected chi connectivity index (χ0v) is 9.47. The van der Waals surface area contributed by atoms with Gasteiger partial charge in [-0.2, -0.15) is 0 Å². The van der Waals surface area contributed by atoms with Crippen molar-refractivity contribution in [1.29, 1.82) is 0 Å². The van der Waals surface area contributed by atoms with E-state index in [0.717, 1.165) is 26.1 Å². The molecule has 0 bridgehead atoms. The van der Waals surface area contributed by atoms with Gasteiger partial charge < -0.3 is 10.6 Å². The van der Waals surface area contributed by atoms with Crippen LogP contribution in [0.1, 0.15) is 27.2 Å². The minimum Gasteiger partial charge on any atom is -0.356 e.